The summed E-state index contributed by atoms with van der Waals surface area (Å²) in [4.78, 5) is 23.4. The number of hydrogen-bond acceptors (Lipinski definition) is 3. The largest absolute Gasteiger partial charge is 0.492 e. The molecule has 0 aromatic heterocycles. The molecular formula is C48H85ClO3. The predicted octanol–water partition coefficient (Wildman–Crippen LogP) is 16.1. The maximum atomic E-state index is 12.1. The summed E-state index contributed by atoms with van der Waals surface area (Å²) in [5.41, 5.74) is 3.89. The maximum absolute atomic E-state index is 12.1. The standard InChI is InChI=1S/2C16H28O.C12H22O.C4H7Cl/c1-16(2)13-14-11-9-7-5-3-4-6-8-10-12-15(14)17-16;1-14(2)13-15-11-9-7-5-3-4-6-8-10-12-16(15)17;13-12-10-8-6-4-2-1-3-5-7-9-11-12;1-4(2)3-5/h3-13H2,1-2H3;15H,1,3-13H2,2H3;1-11H2;1,3H2,2H3. The van der Waals surface area contributed by atoms with E-state index in [2.05, 4.69) is 27.0 Å². The van der Waals surface area contributed by atoms with Crippen LogP contribution in [0.2, 0.25) is 0 Å². The number of alkyl halides is 1. The quantitative estimate of drug-likeness (QED) is 0.213. The van der Waals surface area contributed by atoms with E-state index in [9.17, 15) is 9.59 Å². The van der Waals surface area contributed by atoms with Crippen molar-refractivity contribution in [1.82, 2.24) is 0 Å². The molecule has 0 amide bonds. The third-order valence-electron chi connectivity index (χ3n) is 11.0. The van der Waals surface area contributed by atoms with Crippen LogP contribution < -0.4 is 0 Å². The first kappa shape index (κ1) is 48.7. The molecular weight excluding hydrogens is 660 g/mol. The first-order valence-corrected chi connectivity index (χ1v) is 22.9. The molecule has 3 nitrogen and oxygen atoms in total. The maximum Gasteiger partial charge on any atom is 0.136 e. The van der Waals surface area contributed by atoms with Crippen molar-refractivity contribution < 1.29 is 14.3 Å². The molecule has 1 atom stereocenters. The summed E-state index contributed by atoms with van der Waals surface area (Å²) in [6.45, 7) is 15.9. The van der Waals surface area contributed by atoms with Crippen molar-refractivity contribution >= 4 is 23.2 Å². The molecule has 1 unspecified atom stereocenters. The number of Topliss-reactive ketones (excluding diaryl/α,β-unsaturated/α-hetero) is 2. The summed E-state index contributed by atoms with van der Waals surface area (Å²) in [5.74, 6) is 3.21. The second-order valence-corrected chi connectivity index (χ2v) is 17.7. The molecule has 0 spiro atoms. The van der Waals surface area contributed by atoms with Crippen LogP contribution >= 0.6 is 11.6 Å². The normalized spacial score (nSPS) is 23.4. The van der Waals surface area contributed by atoms with Gasteiger partial charge in [-0.25, -0.2) is 0 Å². The smallest absolute Gasteiger partial charge is 0.136 e. The first-order chi connectivity index (χ1) is 25.0. The number of hydrogen-bond donors (Lipinski definition) is 0. The molecule has 302 valence electrons. The Morgan fingerprint density at radius 3 is 1.37 bits per heavy atom. The SMILES string of the molecule is C=C(C)CC1CCCCCCCCCCC1=O.C=C(C)CCl.CC1(C)CC2=C(CCCCCCCCCC2)O1.O=C1CCCCCCCCCCC1. The molecule has 4 aliphatic rings. The first-order valence-electron chi connectivity index (χ1n) is 22.3. The minimum atomic E-state index is 0.0743. The molecule has 0 aromatic rings. The van der Waals surface area contributed by atoms with Gasteiger partial charge in [-0.05, 0) is 84.6 Å². The van der Waals surface area contributed by atoms with Crippen LogP contribution in [0.3, 0.4) is 0 Å². The minimum absolute atomic E-state index is 0.0743. The van der Waals surface area contributed by atoms with Gasteiger partial charge in [0.15, 0.2) is 0 Å². The van der Waals surface area contributed by atoms with Gasteiger partial charge in [-0.2, -0.15) is 0 Å². The van der Waals surface area contributed by atoms with Gasteiger partial charge in [-0.1, -0.05) is 146 Å². The van der Waals surface area contributed by atoms with E-state index in [0.29, 0.717) is 17.4 Å². The highest BCUT2D eigenvalue weighted by Gasteiger charge is 2.31. The molecule has 1 aliphatic heterocycles. The fourth-order valence-electron chi connectivity index (χ4n) is 7.95. The number of rotatable bonds is 3. The summed E-state index contributed by atoms with van der Waals surface area (Å²) in [6, 6.07) is 0. The predicted molar refractivity (Wildman–Crippen MR) is 228 cm³/mol. The molecule has 1 heterocycles. The highest BCUT2D eigenvalue weighted by molar-refractivity contribution is 6.19. The summed E-state index contributed by atoms with van der Waals surface area (Å²) in [5, 5.41) is 0. The lowest BCUT2D eigenvalue weighted by atomic mass is 9.87. The number of allylic oxidation sites excluding steroid dienone is 3. The van der Waals surface area contributed by atoms with Crippen LogP contribution in [0, 0.1) is 5.92 Å². The third kappa shape index (κ3) is 28.1. The van der Waals surface area contributed by atoms with E-state index in [1.165, 1.54) is 166 Å². The summed E-state index contributed by atoms with van der Waals surface area (Å²) in [7, 11) is 0. The van der Waals surface area contributed by atoms with E-state index in [0.717, 1.165) is 62.5 Å². The van der Waals surface area contributed by atoms with Crippen molar-refractivity contribution in [3.63, 3.8) is 0 Å². The lowest BCUT2D eigenvalue weighted by molar-refractivity contribution is -0.123. The highest BCUT2D eigenvalue weighted by atomic mass is 35.5. The van der Waals surface area contributed by atoms with Gasteiger partial charge in [-0.3, -0.25) is 9.59 Å². The number of ether oxygens (including phenoxy) is 1. The van der Waals surface area contributed by atoms with Crippen LogP contribution in [0.4, 0.5) is 0 Å². The Balaban J connectivity index is 0.000000369. The molecule has 4 heteroatoms. The molecule has 2 fully saturated rings. The minimum Gasteiger partial charge on any atom is -0.492 e. The third-order valence-corrected chi connectivity index (χ3v) is 11.4. The molecule has 2 saturated carbocycles. The summed E-state index contributed by atoms with van der Waals surface area (Å²) in [6.07, 6.45) is 41.4. The topological polar surface area (TPSA) is 43.4 Å². The van der Waals surface area contributed by atoms with Gasteiger partial charge in [0.05, 0.1) is 5.76 Å². The summed E-state index contributed by atoms with van der Waals surface area (Å²) >= 11 is 5.24. The van der Waals surface area contributed by atoms with E-state index in [-0.39, 0.29) is 11.5 Å². The number of carbonyl (C=O) groups is 2. The lowest BCUT2D eigenvalue weighted by Gasteiger charge is -2.19. The van der Waals surface area contributed by atoms with Gasteiger partial charge in [0.1, 0.15) is 17.2 Å². The lowest BCUT2D eigenvalue weighted by Crippen LogP contribution is -2.18. The van der Waals surface area contributed by atoms with Crippen molar-refractivity contribution in [1.29, 1.82) is 0 Å². The average Bonchev–Trinajstić information content (AvgIpc) is 3.39. The molecule has 3 aliphatic carbocycles. The van der Waals surface area contributed by atoms with Gasteiger partial charge >= 0.3 is 0 Å². The van der Waals surface area contributed by atoms with E-state index in [4.69, 9.17) is 16.3 Å². The van der Waals surface area contributed by atoms with Crippen molar-refractivity contribution in [2.75, 3.05) is 5.88 Å². The van der Waals surface area contributed by atoms with Crippen molar-refractivity contribution in [3.05, 3.63) is 35.6 Å². The fraction of sp³-hybridized carbons (Fsp3) is 0.833. The van der Waals surface area contributed by atoms with Crippen LogP contribution in [0.15, 0.2) is 35.6 Å². The highest BCUT2D eigenvalue weighted by Crippen LogP contribution is 2.38. The van der Waals surface area contributed by atoms with E-state index < -0.39 is 0 Å². The molecule has 0 N–H and O–H groups in total. The Kier molecular flexibility index (Phi) is 29.9. The second kappa shape index (κ2) is 31.9. The monoisotopic (exact) mass is 745 g/mol. The van der Waals surface area contributed by atoms with Crippen molar-refractivity contribution in [2.24, 2.45) is 5.92 Å². The molecule has 0 radical (unpaired) electrons. The number of carbonyl (C=O) groups excluding carboxylic acids is 2. The van der Waals surface area contributed by atoms with Crippen LogP contribution in [-0.2, 0) is 14.3 Å². The zero-order valence-electron chi connectivity index (χ0n) is 35.1. The molecule has 52 heavy (non-hydrogen) atoms. The van der Waals surface area contributed by atoms with Crippen molar-refractivity contribution in [3.8, 4) is 0 Å². The van der Waals surface area contributed by atoms with Crippen LogP contribution in [0.25, 0.3) is 0 Å². The number of halogens is 1. The molecule has 0 saturated heterocycles. The van der Waals surface area contributed by atoms with Crippen molar-refractivity contribution in [2.45, 2.75) is 245 Å². The van der Waals surface area contributed by atoms with Crippen LogP contribution in [0.5, 0.6) is 0 Å². The fourth-order valence-corrected chi connectivity index (χ4v) is 7.95. The zero-order valence-corrected chi connectivity index (χ0v) is 35.9. The van der Waals surface area contributed by atoms with Gasteiger partial charge in [0.25, 0.3) is 0 Å². The number of ketones is 2. The molecule has 0 aromatic carbocycles. The molecule has 4 rings (SSSR count). The van der Waals surface area contributed by atoms with Gasteiger partial charge in [0.2, 0.25) is 0 Å². The average molecular weight is 746 g/mol. The Bertz CT molecular complexity index is 952. The van der Waals surface area contributed by atoms with Gasteiger partial charge in [-0.15, -0.1) is 18.2 Å². The van der Waals surface area contributed by atoms with E-state index >= 15 is 0 Å². The van der Waals surface area contributed by atoms with Gasteiger partial charge < -0.3 is 4.74 Å². The second-order valence-electron chi connectivity index (χ2n) is 17.4. The zero-order chi connectivity index (χ0) is 38.3. The Hall–Kier alpha value is -1.35. The van der Waals surface area contributed by atoms with E-state index in [1.807, 2.05) is 13.8 Å². The Labute approximate surface area is 329 Å². The Morgan fingerprint density at radius 1 is 0.577 bits per heavy atom. The Morgan fingerprint density at radius 2 is 0.942 bits per heavy atom. The summed E-state index contributed by atoms with van der Waals surface area (Å²) < 4.78 is 6.14. The van der Waals surface area contributed by atoms with Gasteiger partial charge in [0, 0.05) is 43.9 Å². The van der Waals surface area contributed by atoms with E-state index in [1.54, 1.807) is 5.57 Å². The van der Waals surface area contributed by atoms with Crippen LogP contribution in [-0.4, -0.2) is 23.0 Å². The molecule has 0 bridgehead atoms. The van der Waals surface area contributed by atoms with Crippen LogP contribution in [0.1, 0.15) is 240 Å².